The van der Waals surface area contributed by atoms with Crippen molar-refractivity contribution in [2.75, 3.05) is 37.7 Å². The van der Waals surface area contributed by atoms with E-state index < -0.39 is 15.8 Å². The first kappa shape index (κ1) is 16.3. The zero-order valence-corrected chi connectivity index (χ0v) is 13.1. The lowest BCUT2D eigenvalue weighted by atomic mass is 10.0. The van der Waals surface area contributed by atoms with Gasteiger partial charge in [0.2, 0.25) is 0 Å². The van der Waals surface area contributed by atoms with Crippen molar-refractivity contribution >= 4 is 15.8 Å². The number of sulfone groups is 1. The molecule has 0 unspecified atom stereocenters. The fourth-order valence-corrected chi connectivity index (χ4v) is 5.13. The van der Waals surface area contributed by atoms with Gasteiger partial charge in [0.05, 0.1) is 24.5 Å². The Morgan fingerprint density at radius 2 is 1.81 bits per heavy atom. The van der Waals surface area contributed by atoms with Gasteiger partial charge in [-0.25, -0.2) is 8.42 Å². The Balaban J connectivity index is 2.07. The van der Waals surface area contributed by atoms with E-state index in [9.17, 15) is 13.2 Å². The average Bonchev–Trinajstić information content (AvgIpc) is 2.73. The topological polar surface area (TPSA) is 77.9 Å². The van der Waals surface area contributed by atoms with Crippen molar-refractivity contribution in [1.82, 2.24) is 9.80 Å². The van der Waals surface area contributed by atoms with Crippen LogP contribution in [0.2, 0.25) is 0 Å². The fraction of sp³-hybridized carbons (Fsp3) is 0.786. The van der Waals surface area contributed by atoms with E-state index in [2.05, 4.69) is 16.7 Å². The van der Waals surface area contributed by atoms with Crippen LogP contribution in [0.1, 0.15) is 19.8 Å². The van der Waals surface area contributed by atoms with Crippen LogP contribution >= 0.6 is 0 Å². The summed E-state index contributed by atoms with van der Waals surface area (Å²) >= 11 is 0. The Kier molecular flexibility index (Phi) is 5.25. The predicted octanol–water partition coefficient (Wildman–Crippen LogP) is -0.342. The van der Waals surface area contributed by atoms with Crippen LogP contribution in [0, 0.1) is 11.8 Å². The van der Waals surface area contributed by atoms with Crippen LogP contribution in [0.25, 0.3) is 0 Å². The van der Waals surface area contributed by atoms with Crippen LogP contribution in [-0.4, -0.2) is 79.1 Å². The lowest BCUT2D eigenvalue weighted by Crippen LogP contribution is -2.59. The zero-order chi connectivity index (χ0) is 15.5. The first-order valence-electron chi connectivity index (χ1n) is 7.29. The monoisotopic (exact) mass is 314 g/mol. The van der Waals surface area contributed by atoms with Gasteiger partial charge in [-0.15, -0.1) is 5.92 Å². The quantitative estimate of drug-likeness (QED) is 0.715. The molecule has 0 radical (unpaired) electrons. The highest BCUT2D eigenvalue weighted by Crippen LogP contribution is 2.26. The molecule has 2 saturated heterocycles. The third-order valence-electron chi connectivity index (χ3n) is 4.10. The number of carbonyl (C=O) groups is 1. The van der Waals surface area contributed by atoms with Crippen molar-refractivity contribution in [1.29, 1.82) is 0 Å². The number of rotatable bonds is 4. The fourth-order valence-electron chi connectivity index (χ4n) is 3.09. The standard InChI is InChI=1S/C14H22N2O4S/c1-2-3-4-6-15-8-9-16(7-5-14(17)18)13-11-21(19,20)10-12(13)15/h12-13H,2,5-11H2,1H3,(H,17,18)/t12-,13+/m0/s1. The lowest BCUT2D eigenvalue weighted by Gasteiger charge is -2.43. The molecule has 2 rings (SSSR count). The van der Waals surface area contributed by atoms with Crippen molar-refractivity contribution in [3.63, 3.8) is 0 Å². The Bertz CT molecular complexity index is 549. The molecule has 118 valence electrons. The van der Waals surface area contributed by atoms with Crippen LogP contribution in [0.4, 0.5) is 0 Å². The summed E-state index contributed by atoms with van der Waals surface area (Å²) in [5.74, 6) is 5.55. The largest absolute Gasteiger partial charge is 0.481 e. The Hall–Kier alpha value is -1.10. The summed E-state index contributed by atoms with van der Waals surface area (Å²) in [5, 5.41) is 8.81. The second-order valence-corrected chi connectivity index (χ2v) is 7.72. The second kappa shape index (κ2) is 6.77. The maximum absolute atomic E-state index is 12.0. The third kappa shape index (κ3) is 4.19. The Morgan fingerprint density at radius 3 is 2.43 bits per heavy atom. The molecule has 2 atom stereocenters. The van der Waals surface area contributed by atoms with E-state index in [4.69, 9.17) is 5.11 Å². The van der Waals surface area contributed by atoms with Crippen LogP contribution in [0.15, 0.2) is 0 Å². The molecular formula is C14H22N2O4S. The molecule has 0 bridgehead atoms. The molecule has 0 aromatic carbocycles. The molecule has 2 aliphatic heterocycles. The maximum Gasteiger partial charge on any atom is 0.304 e. The molecule has 0 aromatic rings. The number of hydrogen-bond acceptors (Lipinski definition) is 5. The summed E-state index contributed by atoms with van der Waals surface area (Å²) in [6.45, 7) is 4.45. The van der Waals surface area contributed by atoms with Gasteiger partial charge in [0.25, 0.3) is 0 Å². The highest BCUT2D eigenvalue weighted by molar-refractivity contribution is 7.91. The van der Waals surface area contributed by atoms with Gasteiger partial charge in [-0.1, -0.05) is 12.8 Å². The Morgan fingerprint density at radius 1 is 1.19 bits per heavy atom. The number of piperazine rings is 1. The SMILES string of the molecule is CCC#CCN1CCN(CCC(=O)O)[C@@H]2CS(=O)(=O)C[C@@H]21. The number of carboxylic acid groups (broad SMARTS) is 1. The van der Waals surface area contributed by atoms with Crippen molar-refractivity contribution in [2.24, 2.45) is 0 Å². The minimum absolute atomic E-state index is 0.0521. The Labute approximate surface area is 126 Å². The number of aliphatic carboxylic acids is 1. The van der Waals surface area contributed by atoms with Crippen molar-refractivity contribution in [2.45, 2.75) is 31.8 Å². The summed E-state index contributed by atoms with van der Waals surface area (Å²) in [6.07, 6.45) is 0.851. The first-order valence-corrected chi connectivity index (χ1v) is 9.11. The molecule has 0 aromatic heterocycles. The van der Waals surface area contributed by atoms with Crippen molar-refractivity contribution in [3.05, 3.63) is 0 Å². The molecule has 0 amide bonds. The first-order chi connectivity index (χ1) is 9.93. The summed E-state index contributed by atoms with van der Waals surface area (Å²) in [5.41, 5.74) is 0. The molecule has 2 heterocycles. The molecule has 1 N–H and O–H groups in total. The molecule has 21 heavy (non-hydrogen) atoms. The number of carboxylic acids is 1. The van der Waals surface area contributed by atoms with E-state index in [-0.39, 0.29) is 30.0 Å². The second-order valence-electron chi connectivity index (χ2n) is 5.57. The van der Waals surface area contributed by atoms with Gasteiger partial charge in [0, 0.05) is 38.1 Å². The van der Waals surface area contributed by atoms with Crippen LogP contribution in [0.5, 0.6) is 0 Å². The van der Waals surface area contributed by atoms with Gasteiger partial charge < -0.3 is 5.11 Å². The van der Waals surface area contributed by atoms with E-state index in [0.29, 0.717) is 19.6 Å². The molecular weight excluding hydrogens is 292 g/mol. The summed E-state index contributed by atoms with van der Waals surface area (Å²) in [7, 11) is -3.04. The third-order valence-corrected chi connectivity index (χ3v) is 5.80. The minimum atomic E-state index is -3.04. The minimum Gasteiger partial charge on any atom is -0.481 e. The van der Waals surface area contributed by atoms with E-state index in [1.54, 1.807) is 0 Å². The predicted molar refractivity (Wildman–Crippen MR) is 79.7 cm³/mol. The number of fused-ring (bicyclic) bond motifs is 1. The molecule has 7 heteroatoms. The zero-order valence-electron chi connectivity index (χ0n) is 12.3. The summed E-state index contributed by atoms with van der Waals surface area (Å²) < 4.78 is 23.9. The van der Waals surface area contributed by atoms with E-state index >= 15 is 0 Å². The van der Waals surface area contributed by atoms with Gasteiger partial charge in [0.1, 0.15) is 0 Å². The smallest absolute Gasteiger partial charge is 0.304 e. The summed E-state index contributed by atoms with van der Waals surface area (Å²) in [4.78, 5) is 14.9. The number of hydrogen-bond donors (Lipinski definition) is 1. The van der Waals surface area contributed by atoms with Crippen molar-refractivity contribution in [3.8, 4) is 11.8 Å². The van der Waals surface area contributed by atoms with E-state index in [1.807, 2.05) is 11.8 Å². The maximum atomic E-state index is 12.0. The highest BCUT2D eigenvalue weighted by Gasteiger charge is 2.46. The van der Waals surface area contributed by atoms with Gasteiger partial charge in [-0.2, -0.15) is 0 Å². The lowest BCUT2D eigenvalue weighted by molar-refractivity contribution is -0.137. The molecule has 2 fully saturated rings. The molecule has 0 aliphatic carbocycles. The van der Waals surface area contributed by atoms with E-state index in [1.165, 1.54) is 0 Å². The van der Waals surface area contributed by atoms with Crippen LogP contribution in [0.3, 0.4) is 0 Å². The normalized spacial score (nSPS) is 28.6. The molecule has 6 nitrogen and oxygen atoms in total. The van der Waals surface area contributed by atoms with Gasteiger partial charge in [0.15, 0.2) is 9.84 Å². The molecule has 2 aliphatic rings. The van der Waals surface area contributed by atoms with Crippen LogP contribution < -0.4 is 0 Å². The van der Waals surface area contributed by atoms with Gasteiger partial charge in [-0.3, -0.25) is 14.6 Å². The van der Waals surface area contributed by atoms with Crippen LogP contribution in [-0.2, 0) is 14.6 Å². The van der Waals surface area contributed by atoms with Gasteiger partial charge in [-0.05, 0) is 0 Å². The number of nitrogens with zero attached hydrogens (tertiary/aromatic N) is 2. The van der Waals surface area contributed by atoms with Gasteiger partial charge >= 0.3 is 5.97 Å². The molecule has 0 spiro atoms. The highest BCUT2D eigenvalue weighted by atomic mass is 32.2. The average molecular weight is 314 g/mol. The van der Waals surface area contributed by atoms with Crippen molar-refractivity contribution < 1.29 is 18.3 Å². The van der Waals surface area contributed by atoms with E-state index in [0.717, 1.165) is 13.0 Å². The summed E-state index contributed by atoms with van der Waals surface area (Å²) in [6, 6.07) is -0.143. The molecule has 0 saturated carbocycles.